The number of aryl methyl sites for hydroxylation is 1. The normalized spacial score (nSPS) is 10.4. The van der Waals surface area contributed by atoms with E-state index in [1.165, 1.54) is 11.1 Å². The van der Waals surface area contributed by atoms with E-state index in [1.807, 2.05) is 12.1 Å². The van der Waals surface area contributed by atoms with E-state index in [0.717, 1.165) is 10.6 Å². The molecule has 0 unspecified atom stereocenters. The van der Waals surface area contributed by atoms with Gasteiger partial charge in [0, 0.05) is 16.3 Å². The number of ether oxygens (including phenoxy) is 1. The van der Waals surface area contributed by atoms with Gasteiger partial charge in [0.05, 0.1) is 12.2 Å². The fraction of sp³-hybridized carbons (Fsp3) is 0.235. The first kappa shape index (κ1) is 15.4. The first-order valence-corrected chi connectivity index (χ1v) is 7.84. The lowest BCUT2D eigenvalue weighted by atomic mass is 10.1. The zero-order chi connectivity index (χ0) is 15.2. The summed E-state index contributed by atoms with van der Waals surface area (Å²) in [7, 11) is 0. The van der Waals surface area contributed by atoms with Gasteiger partial charge in [-0.2, -0.15) is 0 Å². The van der Waals surface area contributed by atoms with E-state index in [0.29, 0.717) is 17.9 Å². The lowest BCUT2D eigenvalue weighted by Crippen LogP contribution is -2.05. The Morgan fingerprint density at radius 2 is 2.00 bits per heavy atom. The number of nitrogens with two attached hydrogens (primary N) is 1. The maximum atomic E-state index is 11.8. The van der Waals surface area contributed by atoms with Gasteiger partial charge >= 0.3 is 5.97 Å². The standard InChI is InChI=1S/C17H19NO2S/c1-3-20-17(19)13-8-9-15(18)16(10-13)21-11-14-7-5-4-6-12(14)2/h4-10H,3,11,18H2,1-2H3. The van der Waals surface area contributed by atoms with Gasteiger partial charge < -0.3 is 10.5 Å². The smallest absolute Gasteiger partial charge is 0.338 e. The minimum absolute atomic E-state index is 0.310. The largest absolute Gasteiger partial charge is 0.462 e. The molecule has 21 heavy (non-hydrogen) atoms. The Labute approximate surface area is 129 Å². The number of hydrogen-bond donors (Lipinski definition) is 1. The Morgan fingerprint density at radius 3 is 2.71 bits per heavy atom. The average molecular weight is 301 g/mol. The Bertz CT molecular complexity index is 640. The van der Waals surface area contributed by atoms with Crippen molar-refractivity contribution in [2.45, 2.75) is 24.5 Å². The SMILES string of the molecule is CCOC(=O)c1ccc(N)c(SCc2ccccc2C)c1. The van der Waals surface area contributed by atoms with Crippen LogP contribution in [0.4, 0.5) is 5.69 Å². The summed E-state index contributed by atoms with van der Waals surface area (Å²) in [6, 6.07) is 13.5. The molecule has 110 valence electrons. The second-order valence-corrected chi connectivity index (χ2v) is 5.71. The summed E-state index contributed by atoms with van der Waals surface area (Å²) in [5.41, 5.74) is 9.74. The summed E-state index contributed by atoms with van der Waals surface area (Å²) in [6.45, 7) is 4.26. The number of hydrogen-bond acceptors (Lipinski definition) is 4. The third kappa shape index (κ3) is 4.02. The summed E-state index contributed by atoms with van der Waals surface area (Å²) >= 11 is 1.63. The molecule has 0 fully saturated rings. The molecule has 0 heterocycles. The van der Waals surface area contributed by atoms with Crippen molar-refractivity contribution in [3.8, 4) is 0 Å². The predicted octanol–water partition coefficient (Wildman–Crippen LogP) is 4.05. The highest BCUT2D eigenvalue weighted by atomic mass is 32.2. The molecule has 0 amide bonds. The zero-order valence-corrected chi connectivity index (χ0v) is 13.1. The van der Waals surface area contributed by atoms with E-state index in [4.69, 9.17) is 10.5 Å². The number of esters is 1. The second-order valence-electron chi connectivity index (χ2n) is 4.69. The fourth-order valence-electron chi connectivity index (χ4n) is 1.93. The molecular weight excluding hydrogens is 282 g/mol. The van der Waals surface area contributed by atoms with Crippen LogP contribution in [0.15, 0.2) is 47.4 Å². The van der Waals surface area contributed by atoms with Crippen molar-refractivity contribution in [1.82, 2.24) is 0 Å². The van der Waals surface area contributed by atoms with Crippen molar-refractivity contribution >= 4 is 23.4 Å². The fourth-order valence-corrected chi connectivity index (χ4v) is 3.01. The third-order valence-electron chi connectivity index (χ3n) is 3.17. The van der Waals surface area contributed by atoms with E-state index >= 15 is 0 Å². The molecule has 2 aromatic rings. The minimum Gasteiger partial charge on any atom is -0.462 e. The van der Waals surface area contributed by atoms with Crippen LogP contribution in [0.3, 0.4) is 0 Å². The first-order valence-electron chi connectivity index (χ1n) is 6.85. The predicted molar refractivity (Wildman–Crippen MR) is 87.6 cm³/mol. The molecule has 0 atom stereocenters. The van der Waals surface area contributed by atoms with E-state index in [1.54, 1.807) is 36.9 Å². The average Bonchev–Trinajstić information content (AvgIpc) is 2.48. The summed E-state index contributed by atoms with van der Waals surface area (Å²) in [6.07, 6.45) is 0. The topological polar surface area (TPSA) is 52.3 Å². The van der Waals surface area contributed by atoms with E-state index in [9.17, 15) is 4.79 Å². The van der Waals surface area contributed by atoms with Crippen molar-refractivity contribution in [1.29, 1.82) is 0 Å². The molecule has 0 radical (unpaired) electrons. The van der Waals surface area contributed by atoms with Crippen LogP contribution in [0.2, 0.25) is 0 Å². The van der Waals surface area contributed by atoms with Crippen LogP contribution >= 0.6 is 11.8 Å². The summed E-state index contributed by atoms with van der Waals surface area (Å²) in [5.74, 6) is 0.513. The van der Waals surface area contributed by atoms with Gasteiger partial charge in [-0.3, -0.25) is 0 Å². The number of carbonyl (C=O) groups excluding carboxylic acids is 1. The Kier molecular flexibility index (Phi) is 5.28. The molecule has 0 aliphatic heterocycles. The number of thioether (sulfide) groups is 1. The summed E-state index contributed by atoms with van der Waals surface area (Å²) < 4.78 is 5.02. The van der Waals surface area contributed by atoms with Gasteiger partial charge in [-0.1, -0.05) is 24.3 Å². The number of anilines is 1. The molecule has 0 bridgehead atoms. The molecule has 4 heteroatoms. The van der Waals surface area contributed by atoms with Crippen molar-refractivity contribution < 1.29 is 9.53 Å². The summed E-state index contributed by atoms with van der Waals surface area (Å²) in [5, 5.41) is 0. The Balaban J connectivity index is 2.14. The number of nitrogen functional groups attached to an aromatic ring is 1. The monoisotopic (exact) mass is 301 g/mol. The molecular formula is C17H19NO2S. The van der Waals surface area contributed by atoms with Gasteiger partial charge in [-0.25, -0.2) is 4.79 Å². The molecule has 0 aliphatic carbocycles. The van der Waals surface area contributed by atoms with Crippen molar-refractivity contribution in [2.24, 2.45) is 0 Å². The van der Waals surface area contributed by atoms with Gasteiger partial charge in [-0.15, -0.1) is 11.8 Å². The summed E-state index contributed by atoms with van der Waals surface area (Å²) in [4.78, 5) is 12.7. The highest BCUT2D eigenvalue weighted by Crippen LogP contribution is 2.30. The zero-order valence-electron chi connectivity index (χ0n) is 12.3. The van der Waals surface area contributed by atoms with Crippen LogP contribution in [-0.4, -0.2) is 12.6 Å². The minimum atomic E-state index is -0.310. The highest BCUT2D eigenvalue weighted by Gasteiger charge is 2.10. The van der Waals surface area contributed by atoms with Gasteiger partial charge in [0.1, 0.15) is 0 Å². The van der Waals surface area contributed by atoms with Crippen LogP contribution in [0.25, 0.3) is 0 Å². The van der Waals surface area contributed by atoms with E-state index in [-0.39, 0.29) is 5.97 Å². The van der Waals surface area contributed by atoms with Crippen molar-refractivity contribution in [2.75, 3.05) is 12.3 Å². The molecule has 3 nitrogen and oxygen atoms in total. The van der Waals surface area contributed by atoms with Gasteiger partial charge in [0.15, 0.2) is 0 Å². The number of rotatable bonds is 5. The third-order valence-corrected chi connectivity index (χ3v) is 4.29. The molecule has 0 saturated carbocycles. The van der Waals surface area contributed by atoms with Crippen LogP contribution in [-0.2, 0) is 10.5 Å². The number of benzene rings is 2. The molecule has 0 saturated heterocycles. The second kappa shape index (κ2) is 7.18. The Morgan fingerprint density at radius 1 is 1.24 bits per heavy atom. The van der Waals surface area contributed by atoms with E-state index < -0.39 is 0 Å². The molecule has 2 rings (SSSR count). The lowest BCUT2D eigenvalue weighted by Gasteiger charge is -2.09. The van der Waals surface area contributed by atoms with Crippen LogP contribution in [0.1, 0.15) is 28.4 Å². The maximum Gasteiger partial charge on any atom is 0.338 e. The van der Waals surface area contributed by atoms with E-state index in [2.05, 4.69) is 19.1 Å². The molecule has 0 spiro atoms. The number of carbonyl (C=O) groups is 1. The highest BCUT2D eigenvalue weighted by molar-refractivity contribution is 7.98. The quantitative estimate of drug-likeness (QED) is 0.514. The van der Waals surface area contributed by atoms with Crippen LogP contribution < -0.4 is 5.73 Å². The molecule has 2 aromatic carbocycles. The molecule has 0 aliphatic rings. The van der Waals surface area contributed by atoms with Crippen LogP contribution in [0.5, 0.6) is 0 Å². The Hall–Kier alpha value is -1.94. The van der Waals surface area contributed by atoms with Gasteiger partial charge in [0.2, 0.25) is 0 Å². The molecule has 2 N–H and O–H groups in total. The van der Waals surface area contributed by atoms with Crippen molar-refractivity contribution in [3.05, 3.63) is 59.2 Å². The van der Waals surface area contributed by atoms with Crippen molar-refractivity contribution in [3.63, 3.8) is 0 Å². The van der Waals surface area contributed by atoms with Crippen LogP contribution in [0, 0.1) is 6.92 Å². The lowest BCUT2D eigenvalue weighted by molar-refractivity contribution is 0.0526. The maximum absolute atomic E-state index is 11.8. The van der Waals surface area contributed by atoms with Gasteiger partial charge in [-0.05, 0) is 43.2 Å². The first-order chi connectivity index (χ1) is 10.1. The molecule has 0 aromatic heterocycles. The van der Waals surface area contributed by atoms with Gasteiger partial charge in [0.25, 0.3) is 0 Å².